The molecule has 0 N–H and O–H groups in total. The summed E-state index contributed by atoms with van der Waals surface area (Å²) in [7, 11) is 0. The van der Waals surface area contributed by atoms with Crippen LogP contribution in [0.4, 0.5) is 0 Å². The van der Waals surface area contributed by atoms with E-state index >= 15 is 0 Å². The van der Waals surface area contributed by atoms with Gasteiger partial charge in [0.25, 0.3) is 0 Å². The minimum absolute atomic E-state index is 0.176. The van der Waals surface area contributed by atoms with Gasteiger partial charge in [0, 0.05) is 5.41 Å². The number of rotatable bonds is 7. The fraction of sp³-hybridized carbons (Fsp3) is 0.786. The summed E-state index contributed by atoms with van der Waals surface area (Å²) in [4.78, 5) is 10.8. The van der Waals surface area contributed by atoms with Crippen LogP contribution in [0, 0.1) is 10.8 Å². The van der Waals surface area contributed by atoms with E-state index in [1.54, 1.807) is 0 Å². The van der Waals surface area contributed by atoms with E-state index in [-0.39, 0.29) is 10.8 Å². The highest BCUT2D eigenvalue weighted by molar-refractivity contribution is 5.57. The number of allylic oxidation sites excluding steroid dienone is 1. The van der Waals surface area contributed by atoms with E-state index in [4.69, 9.17) is 0 Å². The largest absolute Gasteiger partial charge is 0.303 e. The Hall–Kier alpha value is -0.590. The molecule has 0 aliphatic carbocycles. The van der Waals surface area contributed by atoms with Crippen molar-refractivity contribution in [1.29, 1.82) is 0 Å². The van der Waals surface area contributed by atoms with E-state index in [1.165, 1.54) is 5.57 Å². The Morgan fingerprint density at radius 3 is 2.13 bits per heavy atom. The molecule has 0 rings (SSSR count). The fourth-order valence-electron chi connectivity index (χ4n) is 1.61. The van der Waals surface area contributed by atoms with Crippen LogP contribution in [0.1, 0.15) is 60.3 Å². The molecule has 1 nitrogen and oxygen atoms in total. The summed E-state index contributed by atoms with van der Waals surface area (Å²) >= 11 is 0. The summed E-state index contributed by atoms with van der Waals surface area (Å²) in [6.45, 7) is 14.7. The summed E-state index contributed by atoms with van der Waals surface area (Å²) in [5, 5.41) is 0. The summed E-state index contributed by atoms with van der Waals surface area (Å²) in [6, 6.07) is 0. The van der Waals surface area contributed by atoms with Crippen molar-refractivity contribution >= 4 is 6.29 Å². The Balaban J connectivity index is 4.15. The van der Waals surface area contributed by atoms with Gasteiger partial charge in [-0.05, 0) is 31.1 Å². The number of carbonyl (C=O) groups excluding carboxylic acids is 1. The van der Waals surface area contributed by atoms with Gasteiger partial charge in [0.15, 0.2) is 0 Å². The van der Waals surface area contributed by atoms with Gasteiger partial charge in [0.2, 0.25) is 0 Å². The van der Waals surface area contributed by atoms with E-state index in [1.807, 2.05) is 13.8 Å². The zero-order valence-corrected chi connectivity index (χ0v) is 11.0. The molecule has 0 atom stereocenters. The molecule has 0 aliphatic heterocycles. The lowest BCUT2D eigenvalue weighted by Gasteiger charge is -2.29. The average molecular weight is 210 g/mol. The topological polar surface area (TPSA) is 17.1 Å². The van der Waals surface area contributed by atoms with Gasteiger partial charge in [-0.25, -0.2) is 0 Å². The second-order valence-corrected chi connectivity index (χ2v) is 6.05. The van der Waals surface area contributed by atoms with E-state index in [0.29, 0.717) is 0 Å². The molecule has 0 unspecified atom stereocenters. The zero-order valence-electron chi connectivity index (χ0n) is 11.0. The fourth-order valence-corrected chi connectivity index (χ4v) is 1.61. The third-order valence-corrected chi connectivity index (χ3v) is 2.99. The smallest absolute Gasteiger partial charge is 0.125 e. The quantitative estimate of drug-likeness (QED) is 0.450. The Morgan fingerprint density at radius 1 is 1.20 bits per heavy atom. The van der Waals surface area contributed by atoms with Crippen molar-refractivity contribution in [2.75, 3.05) is 0 Å². The standard InChI is InChI=1S/C14H26O/c1-7-12(2)10-13(3,4)8-9-14(5,6)11-15/h11H,2,7-10H2,1,3-6H3. The van der Waals surface area contributed by atoms with Crippen LogP contribution < -0.4 is 0 Å². The monoisotopic (exact) mass is 210 g/mol. The lowest BCUT2D eigenvalue weighted by Crippen LogP contribution is -2.19. The molecular weight excluding hydrogens is 184 g/mol. The predicted molar refractivity (Wildman–Crippen MR) is 66.9 cm³/mol. The van der Waals surface area contributed by atoms with Crippen molar-refractivity contribution in [3.8, 4) is 0 Å². The van der Waals surface area contributed by atoms with Gasteiger partial charge in [-0.15, -0.1) is 0 Å². The second kappa shape index (κ2) is 5.48. The van der Waals surface area contributed by atoms with Gasteiger partial charge in [0.05, 0.1) is 0 Å². The van der Waals surface area contributed by atoms with Crippen molar-refractivity contribution in [2.24, 2.45) is 10.8 Å². The van der Waals surface area contributed by atoms with Crippen molar-refractivity contribution in [1.82, 2.24) is 0 Å². The normalized spacial score (nSPS) is 12.6. The first-order chi connectivity index (χ1) is 6.72. The lowest BCUT2D eigenvalue weighted by atomic mass is 9.76. The molecule has 88 valence electrons. The zero-order chi connectivity index (χ0) is 12.1. The molecule has 0 heterocycles. The van der Waals surface area contributed by atoms with Gasteiger partial charge in [-0.2, -0.15) is 0 Å². The van der Waals surface area contributed by atoms with E-state index in [9.17, 15) is 4.79 Å². The maximum absolute atomic E-state index is 10.8. The van der Waals surface area contributed by atoms with Crippen molar-refractivity contribution in [3.05, 3.63) is 12.2 Å². The lowest BCUT2D eigenvalue weighted by molar-refractivity contribution is -0.115. The molecule has 0 aromatic heterocycles. The van der Waals surface area contributed by atoms with Crippen LogP contribution in [0.15, 0.2) is 12.2 Å². The molecular formula is C14H26O. The Morgan fingerprint density at radius 2 is 1.73 bits per heavy atom. The summed E-state index contributed by atoms with van der Waals surface area (Å²) in [5.41, 5.74) is 1.40. The molecule has 0 aliphatic rings. The Labute approximate surface area is 95.0 Å². The molecule has 0 aromatic rings. The number of aldehydes is 1. The minimum Gasteiger partial charge on any atom is -0.303 e. The van der Waals surface area contributed by atoms with Crippen LogP contribution in [0.2, 0.25) is 0 Å². The molecule has 15 heavy (non-hydrogen) atoms. The molecule has 0 bridgehead atoms. The first kappa shape index (κ1) is 14.4. The third kappa shape index (κ3) is 6.48. The van der Waals surface area contributed by atoms with Crippen LogP contribution in [0.5, 0.6) is 0 Å². The molecule has 0 radical (unpaired) electrons. The summed E-state index contributed by atoms with van der Waals surface area (Å²) in [6.07, 6.45) is 5.23. The first-order valence-electron chi connectivity index (χ1n) is 5.85. The Bertz CT molecular complexity index is 223. The first-order valence-corrected chi connectivity index (χ1v) is 5.85. The molecule has 1 heteroatoms. The van der Waals surface area contributed by atoms with E-state index < -0.39 is 0 Å². The van der Waals surface area contributed by atoms with Gasteiger partial charge in [-0.1, -0.05) is 46.8 Å². The van der Waals surface area contributed by atoms with Crippen LogP contribution in [0.3, 0.4) is 0 Å². The highest BCUT2D eigenvalue weighted by atomic mass is 16.1. The third-order valence-electron chi connectivity index (χ3n) is 2.99. The Kier molecular flexibility index (Phi) is 5.27. The van der Waals surface area contributed by atoms with E-state index in [2.05, 4.69) is 27.4 Å². The van der Waals surface area contributed by atoms with Gasteiger partial charge in [0.1, 0.15) is 6.29 Å². The van der Waals surface area contributed by atoms with Gasteiger partial charge >= 0.3 is 0 Å². The second-order valence-electron chi connectivity index (χ2n) is 6.05. The summed E-state index contributed by atoms with van der Waals surface area (Å²) < 4.78 is 0. The highest BCUT2D eigenvalue weighted by Crippen LogP contribution is 2.34. The van der Waals surface area contributed by atoms with Gasteiger partial charge in [-0.3, -0.25) is 0 Å². The molecule has 0 saturated carbocycles. The van der Waals surface area contributed by atoms with Crippen molar-refractivity contribution in [2.45, 2.75) is 60.3 Å². The number of carbonyl (C=O) groups is 1. The highest BCUT2D eigenvalue weighted by Gasteiger charge is 2.24. The summed E-state index contributed by atoms with van der Waals surface area (Å²) in [5.74, 6) is 0. The minimum atomic E-state index is -0.176. The number of hydrogen-bond donors (Lipinski definition) is 0. The SMILES string of the molecule is C=C(CC)CC(C)(C)CCC(C)(C)C=O. The van der Waals surface area contributed by atoms with Crippen LogP contribution in [-0.2, 0) is 4.79 Å². The van der Waals surface area contributed by atoms with Crippen LogP contribution in [-0.4, -0.2) is 6.29 Å². The maximum Gasteiger partial charge on any atom is 0.125 e. The maximum atomic E-state index is 10.8. The molecule has 0 spiro atoms. The van der Waals surface area contributed by atoms with Crippen LogP contribution in [0.25, 0.3) is 0 Å². The molecule has 0 fully saturated rings. The van der Waals surface area contributed by atoms with Crippen molar-refractivity contribution < 1.29 is 4.79 Å². The molecule has 0 aromatic carbocycles. The van der Waals surface area contributed by atoms with Gasteiger partial charge < -0.3 is 4.79 Å². The average Bonchev–Trinajstić information content (AvgIpc) is 2.14. The molecule has 0 amide bonds. The van der Waals surface area contributed by atoms with E-state index in [0.717, 1.165) is 32.0 Å². The van der Waals surface area contributed by atoms with Crippen molar-refractivity contribution in [3.63, 3.8) is 0 Å². The molecule has 0 saturated heterocycles. The number of hydrogen-bond acceptors (Lipinski definition) is 1. The van der Waals surface area contributed by atoms with Crippen LogP contribution >= 0.6 is 0 Å². The predicted octanol–water partition coefficient (Wildman–Crippen LogP) is 4.37.